The Bertz CT molecular complexity index is 2030. The molecule has 1 saturated heterocycles. The summed E-state index contributed by atoms with van der Waals surface area (Å²) >= 11 is 0. The van der Waals surface area contributed by atoms with E-state index in [-0.39, 0.29) is 55.8 Å². The number of nitrogens with one attached hydrogen (secondary N) is 4. The van der Waals surface area contributed by atoms with Crippen LogP contribution in [-0.4, -0.2) is 91.0 Å². The third-order valence-corrected chi connectivity index (χ3v) is 13.7. The molecule has 0 aromatic heterocycles. The van der Waals surface area contributed by atoms with Crippen LogP contribution in [0.1, 0.15) is 108 Å². The van der Waals surface area contributed by atoms with Crippen LogP contribution in [-0.2, 0) is 47.0 Å². The smallest absolute Gasteiger partial charge is 0.410 e. The molecule has 17 heteroatoms. The van der Waals surface area contributed by atoms with Crippen molar-refractivity contribution in [2.75, 3.05) is 18.4 Å². The number of sulfonamides is 1. The van der Waals surface area contributed by atoms with Crippen LogP contribution in [0.25, 0.3) is 0 Å². The van der Waals surface area contributed by atoms with E-state index in [1.165, 1.54) is 21.9 Å². The van der Waals surface area contributed by atoms with Gasteiger partial charge >= 0.3 is 12.2 Å². The van der Waals surface area contributed by atoms with Crippen LogP contribution >= 0.6 is 0 Å². The number of halogens is 1. The number of rotatable bonds is 5. The summed E-state index contributed by atoms with van der Waals surface area (Å²) in [5, 5.41) is 8.82. The lowest BCUT2D eigenvalue weighted by Crippen LogP contribution is -2.58. The second kappa shape index (κ2) is 18.1. The molecule has 59 heavy (non-hydrogen) atoms. The molecule has 0 bridgehead atoms. The van der Waals surface area contributed by atoms with Gasteiger partial charge in [0.15, 0.2) is 0 Å². The van der Waals surface area contributed by atoms with E-state index in [1.807, 2.05) is 6.92 Å². The van der Waals surface area contributed by atoms with Crippen molar-refractivity contribution < 1.29 is 46.3 Å². The Morgan fingerprint density at radius 3 is 2.44 bits per heavy atom. The van der Waals surface area contributed by atoms with Crippen molar-refractivity contribution >= 4 is 45.6 Å². The Morgan fingerprint density at radius 2 is 1.66 bits per heavy atom. The Hall–Kier alpha value is -4.93. The van der Waals surface area contributed by atoms with Gasteiger partial charge in [-0.15, -0.1) is 0 Å². The van der Waals surface area contributed by atoms with Crippen LogP contribution in [0.4, 0.5) is 19.7 Å². The topological polar surface area (TPSA) is 193 Å². The maximum atomic E-state index is 14.6. The molecule has 4 N–H and O–H groups in total. The number of ether oxygens (including phenoxy) is 2. The summed E-state index contributed by atoms with van der Waals surface area (Å²) < 4.78 is 55.9. The van der Waals surface area contributed by atoms with Gasteiger partial charge in [0.1, 0.15) is 40.5 Å². The minimum atomic E-state index is -4.39. The molecule has 2 aromatic rings. The van der Waals surface area contributed by atoms with Gasteiger partial charge in [-0.05, 0) is 81.0 Å². The van der Waals surface area contributed by atoms with Crippen LogP contribution in [0.3, 0.4) is 0 Å². The standard InChI is InChI=1S/C42H55FN6O9S/c1-2-13-28-23-42(28)39(52)47-59(55,56)36-20-10-9-18-33(36)44-21-11-5-3-4-6-19-34(45-40(53)57-29-15-7-8-16-29)38(51)49-25-30(22-35(49)37(50)46-42)58-41(54)48-24-27-14-12-17-32(43)31(27)26-48/h9-10,12,14,17-18,20,28-30,34-35,44H,2-8,11,13,15-16,19,21-26H2,1H3,(H,45,53)(H,46,50)(H,47,52)/t28-,30-,34+,35+,42-/m1/s1. The number of carbonyl (C=O) groups is 5. The molecular formula is C42H55FN6O9S. The van der Waals surface area contributed by atoms with E-state index < -0.39 is 69.5 Å². The second-order valence-electron chi connectivity index (χ2n) is 16.6. The fourth-order valence-corrected chi connectivity index (χ4v) is 10.3. The van der Waals surface area contributed by atoms with Gasteiger partial charge in [0, 0.05) is 25.1 Å². The molecule has 3 heterocycles. The molecule has 2 saturated carbocycles. The van der Waals surface area contributed by atoms with Crippen LogP contribution < -0.4 is 20.7 Å². The highest BCUT2D eigenvalue weighted by Gasteiger charge is 2.62. The van der Waals surface area contributed by atoms with Crippen LogP contribution in [0, 0.1) is 11.7 Å². The summed E-state index contributed by atoms with van der Waals surface area (Å²) in [5.74, 6) is -2.99. The van der Waals surface area contributed by atoms with Crippen molar-refractivity contribution in [2.24, 2.45) is 5.92 Å². The average Bonchev–Trinajstić information content (AvgIpc) is 3.63. The molecule has 7 rings (SSSR count). The van der Waals surface area contributed by atoms with Gasteiger partial charge in [0.2, 0.25) is 11.8 Å². The fraction of sp³-hybridized carbons (Fsp3) is 0.595. The van der Waals surface area contributed by atoms with E-state index >= 15 is 0 Å². The van der Waals surface area contributed by atoms with Crippen LogP contribution in [0.5, 0.6) is 0 Å². The minimum Gasteiger partial charge on any atom is -0.446 e. The summed E-state index contributed by atoms with van der Waals surface area (Å²) in [4.78, 5) is 72.5. The Balaban J connectivity index is 1.16. The molecule has 3 fully saturated rings. The monoisotopic (exact) mass is 838 g/mol. The number of benzene rings is 2. The highest BCUT2D eigenvalue weighted by atomic mass is 32.2. The minimum absolute atomic E-state index is 0.00485. The maximum absolute atomic E-state index is 14.6. The Morgan fingerprint density at radius 1 is 0.915 bits per heavy atom. The first-order valence-corrected chi connectivity index (χ1v) is 22.6. The number of para-hydroxylation sites is 1. The Kier molecular flexibility index (Phi) is 13.0. The summed E-state index contributed by atoms with van der Waals surface area (Å²) in [7, 11) is -4.39. The third-order valence-electron chi connectivity index (χ3n) is 12.3. The number of hydrogen-bond acceptors (Lipinski definition) is 10. The average molecular weight is 839 g/mol. The fourth-order valence-electron chi connectivity index (χ4n) is 9.05. The quantitative estimate of drug-likeness (QED) is 0.310. The van der Waals surface area contributed by atoms with Gasteiger partial charge in [-0.3, -0.25) is 19.3 Å². The molecular weight excluding hydrogens is 784 g/mol. The molecule has 5 atom stereocenters. The molecule has 5 aliphatic rings. The maximum Gasteiger partial charge on any atom is 0.410 e. The van der Waals surface area contributed by atoms with Crippen molar-refractivity contribution in [3.05, 3.63) is 59.4 Å². The number of carbonyl (C=O) groups excluding carboxylic acids is 5. The zero-order valence-corrected chi connectivity index (χ0v) is 34.3. The van der Waals surface area contributed by atoms with Crippen molar-refractivity contribution in [3.63, 3.8) is 0 Å². The first-order valence-electron chi connectivity index (χ1n) is 21.1. The number of nitrogens with zero attached hydrogens (tertiary/aromatic N) is 2. The lowest BCUT2D eigenvalue weighted by atomic mass is 10.0. The van der Waals surface area contributed by atoms with Gasteiger partial charge in [0.25, 0.3) is 15.9 Å². The van der Waals surface area contributed by atoms with Crippen molar-refractivity contribution in [1.29, 1.82) is 0 Å². The third kappa shape index (κ3) is 9.60. The molecule has 1 spiro atoms. The van der Waals surface area contributed by atoms with Gasteiger partial charge in [-0.25, -0.2) is 27.1 Å². The van der Waals surface area contributed by atoms with E-state index in [4.69, 9.17) is 9.47 Å². The van der Waals surface area contributed by atoms with Gasteiger partial charge < -0.3 is 30.3 Å². The molecule has 320 valence electrons. The zero-order valence-electron chi connectivity index (χ0n) is 33.5. The number of fused-ring (bicyclic) bond motifs is 3. The number of alkyl carbamates (subject to hydrolysis) is 1. The normalized spacial score (nSPS) is 27.7. The number of amides is 5. The Labute approximate surface area is 344 Å². The van der Waals surface area contributed by atoms with E-state index in [9.17, 15) is 36.8 Å². The highest BCUT2D eigenvalue weighted by molar-refractivity contribution is 7.90. The molecule has 0 radical (unpaired) electrons. The van der Waals surface area contributed by atoms with Crippen LogP contribution in [0.15, 0.2) is 47.4 Å². The SMILES string of the molecule is CCC[C@@H]1C[C@@]12NC(=O)[C@@H]1C[C@@H](OC(=O)N3Cc4cccc(F)c4C3)CN1C(=O)[C@@H](NC(=O)OC1CCCC1)CCCCCCCNc1ccccc1S(=O)(=O)NC2=O. The first-order chi connectivity index (χ1) is 28.4. The number of hydrogen-bond donors (Lipinski definition) is 4. The van der Waals surface area contributed by atoms with Crippen molar-refractivity contribution in [1.82, 2.24) is 25.2 Å². The highest BCUT2D eigenvalue weighted by Crippen LogP contribution is 2.47. The van der Waals surface area contributed by atoms with Crippen LogP contribution in [0.2, 0.25) is 0 Å². The van der Waals surface area contributed by atoms with Gasteiger partial charge in [-0.2, -0.15) is 0 Å². The van der Waals surface area contributed by atoms with E-state index in [1.54, 1.807) is 30.3 Å². The molecule has 15 nitrogen and oxygen atoms in total. The predicted molar refractivity (Wildman–Crippen MR) is 214 cm³/mol. The molecule has 2 aliphatic carbocycles. The number of anilines is 1. The molecule has 0 unspecified atom stereocenters. The lowest BCUT2D eigenvalue weighted by Gasteiger charge is -2.30. The summed E-state index contributed by atoms with van der Waals surface area (Å²) in [6.07, 6.45) is 5.82. The van der Waals surface area contributed by atoms with E-state index in [0.29, 0.717) is 42.6 Å². The largest absolute Gasteiger partial charge is 0.446 e. The zero-order chi connectivity index (χ0) is 41.7. The first kappa shape index (κ1) is 42.2. The second-order valence-corrected chi connectivity index (χ2v) is 18.2. The molecule has 3 aliphatic heterocycles. The lowest BCUT2D eigenvalue weighted by molar-refractivity contribution is -0.141. The van der Waals surface area contributed by atoms with Gasteiger partial charge in [0.05, 0.1) is 18.8 Å². The van der Waals surface area contributed by atoms with Crippen molar-refractivity contribution in [3.8, 4) is 0 Å². The summed E-state index contributed by atoms with van der Waals surface area (Å²) in [5.41, 5.74) is -0.190. The molecule has 5 amide bonds. The summed E-state index contributed by atoms with van der Waals surface area (Å²) in [6.45, 7) is 2.34. The summed E-state index contributed by atoms with van der Waals surface area (Å²) in [6, 6.07) is 8.65. The van der Waals surface area contributed by atoms with E-state index in [2.05, 4.69) is 20.7 Å². The van der Waals surface area contributed by atoms with E-state index in [0.717, 1.165) is 51.4 Å². The molecule has 2 aromatic carbocycles. The predicted octanol–water partition coefficient (Wildman–Crippen LogP) is 5.23. The van der Waals surface area contributed by atoms with Gasteiger partial charge in [-0.1, -0.05) is 63.3 Å². The van der Waals surface area contributed by atoms with Crippen molar-refractivity contribution in [2.45, 2.75) is 145 Å².